The molecule has 2 aliphatic heterocycles. The lowest BCUT2D eigenvalue weighted by molar-refractivity contribution is -0.222. The van der Waals surface area contributed by atoms with Gasteiger partial charge in [-0.05, 0) is 58.1 Å². The van der Waals surface area contributed by atoms with Crippen LogP contribution < -0.4 is 0 Å². The van der Waals surface area contributed by atoms with Gasteiger partial charge in [0.2, 0.25) is 0 Å². The van der Waals surface area contributed by atoms with Gasteiger partial charge in [0.25, 0.3) is 0 Å². The second kappa shape index (κ2) is 5.54. The Labute approximate surface area is 148 Å². The molecule has 0 N–H and O–H groups in total. The van der Waals surface area contributed by atoms with Crippen LogP contribution in [0.25, 0.3) is 11.0 Å². The average Bonchev–Trinajstić information content (AvgIpc) is 3.19. The first kappa shape index (κ1) is 17.0. The summed E-state index contributed by atoms with van der Waals surface area (Å²) in [5, 5.41) is 8.34. The van der Waals surface area contributed by atoms with Crippen LogP contribution in [-0.4, -0.2) is 40.0 Å². The molecule has 25 heavy (non-hydrogen) atoms. The smallest absolute Gasteiger partial charge is 0.407 e. The van der Waals surface area contributed by atoms with Crippen molar-refractivity contribution in [2.24, 2.45) is 7.05 Å². The van der Waals surface area contributed by atoms with Gasteiger partial charge < -0.3 is 14.1 Å². The van der Waals surface area contributed by atoms with Gasteiger partial charge in [0, 0.05) is 7.05 Å². The molecule has 0 amide bonds. The average molecular weight is 343 g/mol. The van der Waals surface area contributed by atoms with Gasteiger partial charge in [-0.3, -0.25) is 0 Å². The summed E-state index contributed by atoms with van der Waals surface area (Å²) in [7, 11) is 1.45. The van der Waals surface area contributed by atoms with Crippen molar-refractivity contribution in [1.82, 2.24) is 15.0 Å². The van der Waals surface area contributed by atoms with Gasteiger partial charge in [-0.2, -0.15) is 0 Å². The molecule has 0 spiro atoms. The minimum absolute atomic E-state index is 0.171. The van der Waals surface area contributed by atoms with Gasteiger partial charge in [-0.1, -0.05) is 11.3 Å². The molecule has 2 aromatic rings. The number of fused-ring (bicyclic) bond motifs is 1. The van der Waals surface area contributed by atoms with E-state index in [1.807, 2.05) is 47.7 Å². The van der Waals surface area contributed by atoms with Crippen LogP contribution in [0.2, 0.25) is 6.32 Å². The number of benzene rings is 1. The molecule has 0 saturated carbocycles. The summed E-state index contributed by atoms with van der Waals surface area (Å²) in [5.41, 5.74) is 3.26. The molecule has 0 radical (unpaired) electrons. The van der Waals surface area contributed by atoms with Crippen molar-refractivity contribution in [3.8, 4) is 0 Å². The molecule has 132 valence electrons. The standard InChI is InChI=1S/C16H23B2N3O4/c1-10-11(7-8-12-14(10)19-20-21(12)6)13-9-17(25-22-13)18-23-15(2,3)16(4,5)24-18/h7-8,13H,9H2,1-6H3. The van der Waals surface area contributed by atoms with E-state index >= 15 is 0 Å². The van der Waals surface area contributed by atoms with E-state index < -0.39 is 7.01 Å². The van der Waals surface area contributed by atoms with Crippen molar-refractivity contribution >= 4 is 24.8 Å². The zero-order chi connectivity index (χ0) is 18.0. The first-order valence-corrected chi connectivity index (χ1v) is 8.66. The summed E-state index contributed by atoms with van der Waals surface area (Å²) in [5.74, 6) is 0. The van der Waals surface area contributed by atoms with Gasteiger partial charge in [0.05, 0.1) is 16.7 Å². The van der Waals surface area contributed by atoms with Gasteiger partial charge >= 0.3 is 13.8 Å². The number of aromatic nitrogens is 3. The molecule has 2 fully saturated rings. The van der Waals surface area contributed by atoms with Crippen molar-refractivity contribution in [2.45, 2.75) is 58.2 Å². The van der Waals surface area contributed by atoms with Crippen LogP contribution in [0.15, 0.2) is 12.1 Å². The van der Waals surface area contributed by atoms with Crippen LogP contribution in [0.5, 0.6) is 0 Å². The van der Waals surface area contributed by atoms with Crippen molar-refractivity contribution in [3.05, 3.63) is 23.3 Å². The lowest BCUT2D eigenvalue weighted by Crippen LogP contribution is -2.41. The molecule has 4 rings (SSSR count). The van der Waals surface area contributed by atoms with E-state index in [9.17, 15) is 0 Å². The lowest BCUT2D eigenvalue weighted by atomic mass is 9.34. The predicted octanol–water partition coefficient (Wildman–Crippen LogP) is 2.44. The molecule has 7 nitrogen and oxygen atoms in total. The summed E-state index contributed by atoms with van der Waals surface area (Å²) in [6.07, 6.45) is 0.499. The molecule has 1 aromatic heterocycles. The van der Waals surface area contributed by atoms with Crippen LogP contribution in [0, 0.1) is 6.92 Å². The molecule has 1 atom stereocenters. The Morgan fingerprint density at radius 1 is 1.16 bits per heavy atom. The Morgan fingerprint density at radius 2 is 1.84 bits per heavy atom. The Bertz CT molecular complexity index is 807. The highest BCUT2D eigenvalue weighted by Crippen LogP contribution is 2.41. The lowest BCUT2D eigenvalue weighted by Gasteiger charge is -2.32. The third-order valence-electron chi connectivity index (χ3n) is 5.74. The number of nitrogens with zero attached hydrogens (tertiary/aromatic N) is 3. The first-order chi connectivity index (χ1) is 11.7. The summed E-state index contributed by atoms with van der Waals surface area (Å²) in [6, 6.07) is 4.07. The van der Waals surface area contributed by atoms with Crippen LogP contribution >= 0.6 is 0 Å². The minimum atomic E-state index is -0.435. The Balaban J connectivity index is 1.55. The van der Waals surface area contributed by atoms with Crippen LogP contribution in [0.3, 0.4) is 0 Å². The second-order valence-corrected chi connectivity index (χ2v) is 7.94. The van der Waals surface area contributed by atoms with E-state index in [4.69, 9.17) is 19.0 Å². The van der Waals surface area contributed by atoms with E-state index in [1.165, 1.54) is 0 Å². The minimum Gasteiger partial charge on any atom is -0.407 e. The fourth-order valence-corrected chi connectivity index (χ4v) is 3.40. The fourth-order valence-electron chi connectivity index (χ4n) is 3.40. The van der Waals surface area contributed by atoms with Gasteiger partial charge in [-0.25, -0.2) is 9.57 Å². The molecular weight excluding hydrogens is 320 g/mol. The monoisotopic (exact) mass is 343 g/mol. The molecule has 0 aliphatic carbocycles. The summed E-state index contributed by atoms with van der Waals surface area (Å²) in [4.78, 5) is 11.2. The molecule has 1 unspecified atom stereocenters. The zero-order valence-corrected chi connectivity index (χ0v) is 15.6. The second-order valence-electron chi connectivity index (χ2n) is 7.94. The maximum Gasteiger partial charge on any atom is 0.451 e. The number of aryl methyl sites for hydroxylation is 2. The fraction of sp³-hybridized carbons (Fsp3) is 0.625. The highest BCUT2D eigenvalue weighted by molar-refractivity contribution is 7.14. The Morgan fingerprint density at radius 3 is 2.52 bits per heavy atom. The first-order valence-electron chi connectivity index (χ1n) is 8.66. The van der Waals surface area contributed by atoms with Crippen LogP contribution in [0.1, 0.15) is 44.9 Å². The van der Waals surface area contributed by atoms with Crippen molar-refractivity contribution < 1.29 is 19.0 Å². The van der Waals surface area contributed by atoms with E-state index in [2.05, 4.69) is 16.4 Å². The highest BCUT2D eigenvalue weighted by Gasteiger charge is 2.58. The third-order valence-corrected chi connectivity index (χ3v) is 5.74. The number of hydrogen-bond donors (Lipinski definition) is 0. The van der Waals surface area contributed by atoms with Crippen LogP contribution in [-0.2, 0) is 26.0 Å². The number of hydrogen-bond acceptors (Lipinski definition) is 6. The van der Waals surface area contributed by atoms with Gasteiger partial charge in [-0.15, -0.1) is 5.10 Å². The molecule has 0 bridgehead atoms. The SMILES string of the molecule is Cc1c(C2CB(B3OC(C)(C)C(C)(C)O3)OO2)ccc2c1nnn2C. The molecule has 2 saturated heterocycles. The molecule has 9 heteroatoms. The number of rotatable bonds is 2. The van der Waals surface area contributed by atoms with E-state index in [0.29, 0.717) is 6.32 Å². The molecule has 1 aromatic carbocycles. The highest BCUT2D eigenvalue weighted by atomic mass is 17.2. The van der Waals surface area contributed by atoms with E-state index in [1.54, 1.807) is 4.68 Å². The van der Waals surface area contributed by atoms with Gasteiger partial charge in [0.1, 0.15) is 11.6 Å². The molecule has 2 aliphatic rings. The summed E-state index contributed by atoms with van der Waals surface area (Å²) >= 11 is 0. The third kappa shape index (κ3) is 2.61. The summed E-state index contributed by atoms with van der Waals surface area (Å²) < 4.78 is 13.9. The van der Waals surface area contributed by atoms with Crippen LogP contribution in [0.4, 0.5) is 0 Å². The van der Waals surface area contributed by atoms with Crippen molar-refractivity contribution in [3.63, 3.8) is 0 Å². The zero-order valence-electron chi connectivity index (χ0n) is 15.6. The van der Waals surface area contributed by atoms with E-state index in [-0.39, 0.29) is 24.1 Å². The molecule has 3 heterocycles. The molecular formula is C16H23B2N3O4. The summed E-state index contributed by atoms with van der Waals surface area (Å²) in [6.45, 7) is 9.92. The maximum atomic E-state index is 6.08. The van der Waals surface area contributed by atoms with Gasteiger partial charge in [0.15, 0.2) is 0 Å². The Hall–Kier alpha value is -1.41. The van der Waals surface area contributed by atoms with Crippen molar-refractivity contribution in [1.29, 1.82) is 0 Å². The maximum absolute atomic E-state index is 6.08. The normalized spacial score (nSPS) is 25.3. The Kier molecular flexibility index (Phi) is 3.77. The predicted molar refractivity (Wildman–Crippen MR) is 94.8 cm³/mol. The van der Waals surface area contributed by atoms with E-state index in [0.717, 1.165) is 22.2 Å². The largest absolute Gasteiger partial charge is 0.451 e. The topological polar surface area (TPSA) is 67.6 Å². The van der Waals surface area contributed by atoms with Crippen molar-refractivity contribution in [2.75, 3.05) is 0 Å². The quantitative estimate of drug-likeness (QED) is 0.616.